The minimum absolute atomic E-state index is 0.734. The van der Waals surface area contributed by atoms with E-state index in [1.807, 2.05) is 0 Å². The number of aliphatic hydroxyl groups is 1. The number of aromatic nitrogens is 1. The summed E-state index contributed by atoms with van der Waals surface area (Å²) in [4.78, 5) is 4.96. The summed E-state index contributed by atoms with van der Waals surface area (Å²) in [6.07, 6.45) is 8.75. The van der Waals surface area contributed by atoms with Crippen molar-refractivity contribution in [3.05, 3.63) is 29.0 Å². The summed E-state index contributed by atoms with van der Waals surface area (Å²) in [6.45, 7) is 1.06. The van der Waals surface area contributed by atoms with Crippen molar-refractivity contribution in [3.8, 4) is 5.75 Å². The van der Waals surface area contributed by atoms with Crippen LogP contribution in [0.1, 0.15) is 55.3 Å². The van der Waals surface area contributed by atoms with Crippen molar-refractivity contribution in [1.82, 2.24) is 4.98 Å². The van der Waals surface area contributed by atoms with Gasteiger partial charge in [0.15, 0.2) is 0 Å². The molecule has 2 saturated carbocycles. The molecule has 5 rings (SSSR count). The van der Waals surface area contributed by atoms with Crippen LogP contribution in [0.2, 0.25) is 0 Å². The molecule has 1 aromatic heterocycles. The molecule has 25 heavy (non-hydrogen) atoms. The Bertz CT molecular complexity index is 838. The molecular weight excluding hydrogens is 312 g/mol. The number of nitrogens with zero attached hydrogens (tertiary/aromatic N) is 1. The Balaban J connectivity index is 1.67. The molecule has 1 aromatic carbocycles. The van der Waals surface area contributed by atoms with Crippen LogP contribution in [0.25, 0.3) is 10.9 Å². The van der Waals surface area contributed by atoms with E-state index in [1.165, 1.54) is 36.2 Å². The molecule has 0 radical (unpaired) electrons. The second-order valence-electron chi connectivity index (χ2n) is 8.04. The second kappa shape index (κ2) is 5.60. The summed E-state index contributed by atoms with van der Waals surface area (Å²) in [7, 11) is 1.70. The number of rotatable bonds is 5. The fraction of sp³-hybridized carbons (Fsp3) is 0.571. The van der Waals surface area contributed by atoms with Gasteiger partial charge in [-0.2, -0.15) is 0 Å². The van der Waals surface area contributed by atoms with E-state index < -0.39 is 5.60 Å². The van der Waals surface area contributed by atoms with E-state index in [4.69, 9.17) is 9.72 Å². The molecule has 0 bridgehead atoms. The number of hydrogen-bond acceptors (Lipinski definition) is 4. The number of nitrogens with one attached hydrogen (secondary N) is 1. The van der Waals surface area contributed by atoms with Gasteiger partial charge in [-0.15, -0.1) is 0 Å². The molecule has 3 aliphatic carbocycles. The van der Waals surface area contributed by atoms with Crippen molar-refractivity contribution < 1.29 is 9.84 Å². The highest BCUT2D eigenvalue weighted by molar-refractivity contribution is 5.95. The first-order valence-corrected chi connectivity index (χ1v) is 9.68. The maximum Gasteiger partial charge on any atom is 0.125 e. The Kier molecular flexibility index (Phi) is 3.46. The Hall–Kier alpha value is -1.81. The summed E-state index contributed by atoms with van der Waals surface area (Å²) in [5.74, 6) is 1.63. The Morgan fingerprint density at radius 3 is 2.76 bits per heavy atom. The van der Waals surface area contributed by atoms with E-state index in [0.717, 1.165) is 66.8 Å². The average Bonchev–Trinajstić information content (AvgIpc) is 3.31. The van der Waals surface area contributed by atoms with Gasteiger partial charge in [0, 0.05) is 28.9 Å². The van der Waals surface area contributed by atoms with Gasteiger partial charge in [-0.3, -0.25) is 4.98 Å². The quantitative estimate of drug-likeness (QED) is 0.867. The van der Waals surface area contributed by atoms with E-state index in [1.54, 1.807) is 7.11 Å². The lowest BCUT2D eigenvalue weighted by Crippen LogP contribution is -2.34. The normalized spacial score (nSPS) is 21.0. The maximum atomic E-state index is 10.9. The molecular formula is C21H26N2O2. The summed E-state index contributed by atoms with van der Waals surface area (Å²) >= 11 is 0. The Labute approximate surface area is 148 Å². The molecule has 3 aliphatic rings. The van der Waals surface area contributed by atoms with Gasteiger partial charge in [0.2, 0.25) is 0 Å². The molecule has 2 N–H and O–H groups in total. The summed E-state index contributed by atoms with van der Waals surface area (Å²) < 4.78 is 5.67. The van der Waals surface area contributed by atoms with E-state index in [0.29, 0.717) is 0 Å². The standard InChI is InChI=1S/C21H26N2O2/c1-25-19-10-15-18(11-16(19)21(24)8-3-9-21)23-17-5-2-4-14(17)20(15)22-12-13-6-7-13/h10-11,13,24H,2-9,12H2,1H3,(H,22,23). The van der Waals surface area contributed by atoms with Crippen LogP contribution in [0.4, 0.5) is 5.69 Å². The third-order valence-electron chi connectivity index (χ3n) is 6.28. The first kappa shape index (κ1) is 15.4. The number of anilines is 1. The average molecular weight is 338 g/mol. The van der Waals surface area contributed by atoms with Gasteiger partial charge < -0.3 is 15.2 Å². The first-order chi connectivity index (χ1) is 12.2. The molecule has 0 unspecified atom stereocenters. The van der Waals surface area contributed by atoms with Gasteiger partial charge in [-0.05, 0) is 75.0 Å². The highest BCUT2D eigenvalue weighted by Gasteiger charge is 2.39. The third kappa shape index (κ3) is 2.50. The van der Waals surface area contributed by atoms with Crippen molar-refractivity contribution in [1.29, 1.82) is 0 Å². The number of pyridine rings is 1. The van der Waals surface area contributed by atoms with Crippen LogP contribution in [0, 0.1) is 5.92 Å². The molecule has 0 saturated heterocycles. The molecule has 0 aliphatic heterocycles. The minimum Gasteiger partial charge on any atom is -0.496 e. The lowest BCUT2D eigenvalue weighted by atomic mass is 9.74. The number of methoxy groups -OCH3 is 1. The zero-order valence-electron chi connectivity index (χ0n) is 14.9. The van der Waals surface area contributed by atoms with Gasteiger partial charge in [0.1, 0.15) is 5.75 Å². The van der Waals surface area contributed by atoms with Gasteiger partial charge >= 0.3 is 0 Å². The monoisotopic (exact) mass is 338 g/mol. The molecule has 4 nitrogen and oxygen atoms in total. The number of hydrogen-bond donors (Lipinski definition) is 2. The zero-order valence-corrected chi connectivity index (χ0v) is 14.9. The lowest BCUT2D eigenvalue weighted by Gasteiger charge is -2.38. The molecule has 1 heterocycles. The largest absolute Gasteiger partial charge is 0.496 e. The van der Waals surface area contributed by atoms with Crippen LogP contribution < -0.4 is 10.1 Å². The van der Waals surface area contributed by atoms with Crippen molar-refractivity contribution in [2.75, 3.05) is 19.0 Å². The van der Waals surface area contributed by atoms with E-state index >= 15 is 0 Å². The van der Waals surface area contributed by atoms with Crippen LogP contribution >= 0.6 is 0 Å². The van der Waals surface area contributed by atoms with Gasteiger partial charge in [0.05, 0.1) is 18.2 Å². The van der Waals surface area contributed by atoms with Crippen molar-refractivity contribution in [2.24, 2.45) is 5.92 Å². The smallest absolute Gasteiger partial charge is 0.125 e. The predicted octanol–water partition coefficient (Wildman–Crippen LogP) is 3.93. The fourth-order valence-corrected chi connectivity index (χ4v) is 4.37. The SMILES string of the molecule is COc1cc2c(NCC3CC3)c3c(nc2cc1C1(O)CCC1)CCC3. The van der Waals surface area contributed by atoms with Crippen LogP contribution in [-0.4, -0.2) is 23.7 Å². The summed E-state index contributed by atoms with van der Waals surface area (Å²) in [5, 5.41) is 15.7. The van der Waals surface area contributed by atoms with Gasteiger partial charge in [0.25, 0.3) is 0 Å². The fourth-order valence-electron chi connectivity index (χ4n) is 4.37. The van der Waals surface area contributed by atoms with Crippen molar-refractivity contribution >= 4 is 16.6 Å². The topological polar surface area (TPSA) is 54.4 Å². The highest BCUT2D eigenvalue weighted by Crippen LogP contribution is 2.47. The maximum absolute atomic E-state index is 10.9. The molecule has 2 aromatic rings. The van der Waals surface area contributed by atoms with Crippen molar-refractivity contribution in [2.45, 2.75) is 57.0 Å². The number of fused-ring (bicyclic) bond motifs is 2. The predicted molar refractivity (Wildman–Crippen MR) is 99.3 cm³/mol. The molecule has 0 spiro atoms. The number of benzene rings is 1. The molecule has 132 valence electrons. The molecule has 0 amide bonds. The Morgan fingerprint density at radius 1 is 1.24 bits per heavy atom. The number of ether oxygens (including phenoxy) is 1. The highest BCUT2D eigenvalue weighted by atomic mass is 16.5. The summed E-state index contributed by atoms with van der Waals surface area (Å²) in [6, 6.07) is 4.18. The van der Waals surface area contributed by atoms with E-state index in [-0.39, 0.29) is 0 Å². The van der Waals surface area contributed by atoms with Gasteiger partial charge in [-0.25, -0.2) is 0 Å². The number of aryl methyl sites for hydroxylation is 1. The van der Waals surface area contributed by atoms with E-state index in [9.17, 15) is 5.11 Å². The molecule has 2 fully saturated rings. The van der Waals surface area contributed by atoms with Crippen LogP contribution in [0.15, 0.2) is 12.1 Å². The van der Waals surface area contributed by atoms with Crippen LogP contribution in [0.3, 0.4) is 0 Å². The lowest BCUT2D eigenvalue weighted by molar-refractivity contribution is -0.0403. The third-order valence-corrected chi connectivity index (χ3v) is 6.28. The van der Waals surface area contributed by atoms with E-state index in [2.05, 4.69) is 17.4 Å². The first-order valence-electron chi connectivity index (χ1n) is 9.68. The second-order valence-corrected chi connectivity index (χ2v) is 8.04. The van der Waals surface area contributed by atoms with Crippen molar-refractivity contribution in [3.63, 3.8) is 0 Å². The zero-order chi connectivity index (χ0) is 17.0. The Morgan fingerprint density at radius 2 is 2.08 bits per heavy atom. The summed E-state index contributed by atoms with van der Waals surface area (Å²) in [5.41, 5.74) is 5.06. The minimum atomic E-state index is -0.734. The van der Waals surface area contributed by atoms with Crippen LogP contribution in [0.5, 0.6) is 5.75 Å². The molecule has 0 atom stereocenters. The molecule has 4 heteroatoms. The van der Waals surface area contributed by atoms with Gasteiger partial charge in [-0.1, -0.05) is 0 Å². The van der Waals surface area contributed by atoms with Crippen LogP contribution in [-0.2, 0) is 18.4 Å².